The largest absolute Gasteiger partial charge is 0.398 e. The molecule has 0 saturated heterocycles. The topological polar surface area (TPSA) is 81.2 Å². The lowest BCUT2D eigenvalue weighted by molar-refractivity contribution is -0.384. The summed E-state index contributed by atoms with van der Waals surface area (Å²) in [5.74, 6) is -0.278. The van der Waals surface area contributed by atoms with Gasteiger partial charge in [0.05, 0.1) is 4.92 Å². The lowest BCUT2D eigenvalue weighted by atomic mass is 10.1. The number of nitro benzene ring substituents is 1. The number of anilines is 2. The van der Waals surface area contributed by atoms with Crippen molar-refractivity contribution in [1.29, 1.82) is 0 Å². The van der Waals surface area contributed by atoms with Gasteiger partial charge in [0.25, 0.3) is 5.69 Å². The van der Waals surface area contributed by atoms with Crippen molar-refractivity contribution in [3.63, 3.8) is 0 Å². The van der Waals surface area contributed by atoms with Gasteiger partial charge in [-0.2, -0.15) is 0 Å². The van der Waals surface area contributed by atoms with Crippen molar-refractivity contribution < 1.29 is 9.31 Å². The summed E-state index contributed by atoms with van der Waals surface area (Å²) < 4.78 is 13.6. The number of non-ortho nitro benzene ring substituents is 1. The maximum atomic E-state index is 13.6. The van der Waals surface area contributed by atoms with Gasteiger partial charge < -0.3 is 11.1 Å². The van der Waals surface area contributed by atoms with Crippen molar-refractivity contribution >= 4 is 17.1 Å². The molecule has 0 heterocycles. The van der Waals surface area contributed by atoms with Gasteiger partial charge >= 0.3 is 0 Å². The number of aryl methyl sites for hydroxylation is 1. The molecular formula is C15H16FN3O2. The normalized spacial score (nSPS) is 12.0. The van der Waals surface area contributed by atoms with E-state index in [1.165, 1.54) is 18.2 Å². The number of rotatable bonds is 4. The summed E-state index contributed by atoms with van der Waals surface area (Å²) in [5.41, 5.74) is 7.72. The fourth-order valence-corrected chi connectivity index (χ4v) is 2.04. The summed E-state index contributed by atoms with van der Waals surface area (Å²) in [6.07, 6.45) is 0. The van der Waals surface area contributed by atoms with Crippen LogP contribution in [0, 0.1) is 22.9 Å². The summed E-state index contributed by atoms with van der Waals surface area (Å²) in [6.45, 7) is 3.54. The van der Waals surface area contributed by atoms with E-state index in [1.54, 1.807) is 19.1 Å². The van der Waals surface area contributed by atoms with E-state index in [1.807, 2.05) is 13.0 Å². The van der Waals surface area contributed by atoms with Gasteiger partial charge in [-0.25, -0.2) is 4.39 Å². The van der Waals surface area contributed by atoms with Crippen LogP contribution in [0.25, 0.3) is 0 Å². The van der Waals surface area contributed by atoms with Crippen LogP contribution in [-0.4, -0.2) is 4.92 Å². The number of nitrogen functional groups attached to an aromatic ring is 1. The molecule has 0 aliphatic carbocycles. The molecule has 2 aromatic rings. The molecule has 0 spiro atoms. The number of nitrogens with zero attached hydrogens (tertiary/aromatic N) is 1. The first-order valence-corrected chi connectivity index (χ1v) is 6.44. The molecule has 0 saturated carbocycles. The molecule has 2 aromatic carbocycles. The van der Waals surface area contributed by atoms with E-state index in [2.05, 4.69) is 5.32 Å². The third-order valence-corrected chi connectivity index (χ3v) is 3.23. The number of hydrogen-bond acceptors (Lipinski definition) is 4. The van der Waals surface area contributed by atoms with Gasteiger partial charge in [-0.05, 0) is 37.1 Å². The zero-order valence-corrected chi connectivity index (χ0v) is 11.8. The number of nitro groups is 1. The van der Waals surface area contributed by atoms with Gasteiger partial charge in [-0.1, -0.05) is 12.1 Å². The highest BCUT2D eigenvalue weighted by atomic mass is 19.1. The second-order valence-corrected chi connectivity index (χ2v) is 4.94. The predicted octanol–water partition coefficient (Wildman–Crippen LogP) is 3.80. The Morgan fingerprint density at radius 1 is 1.29 bits per heavy atom. The third-order valence-electron chi connectivity index (χ3n) is 3.23. The maximum absolute atomic E-state index is 13.6. The Balaban J connectivity index is 2.24. The molecule has 3 N–H and O–H groups in total. The lowest BCUT2D eigenvalue weighted by Crippen LogP contribution is -2.08. The molecule has 110 valence electrons. The van der Waals surface area contributed by atoms with Crippen LogP contribution >= 0.6 is 0 Å². The minimum Gasteiger partial charge on any atom is -0.398 e. The maximum Gasteiger partial charge on any atom is 0.273 e. The molecule has 0 fully saturated rings. The molecule has 5 nitrogen and oxygen atoms in total. The van der Waals surface area contributed by atoms with Crippen LogP contribution in [-0.2, 0) is 0 Å². The number of nitrogens with one attached hydrogen (secondary N) is 1. The third kappa shape index (κ3) is 3.47. The first-order valence-electron chi connectivity index (χ1n) is 6.44. The Bertz CT molecular complexity index is 689. The van der Waals surface area contributed by atoms with Crippen molar-refractivity contribution in [1.82, 2.24) is 0 Å². The summed E-state index contributed by atoms with van der Waals surface area (Å²) >= 11 is 0. The molecule has 0 radical (unpaired) electrons. The SMILES string of the molecule is Cc1ccc(C(C)Nc2cc(N)cc([N+](=O)[O-])c2)cc1F. The standard InChI is InChI=1S/C15H16FN3O2/c1-9-3-4-11(5-15(9)16)10(2)18-13-6-12(17)7-14(8-13)19(20)21/h3-8,10,18H,17H2,1-2H3. The van der Waals surface area contributed by atoms with E-state index in [9.17, 15) is 14.5 Å². The molecule has 1 atom stereocenters. The van der Waals surface area contributed by atoms with E-state index in [0.29, 0.717) is 16.9 Å². The van der Waals surface area contributed by atoms with Gasteiger partial charge in [0, 0.05) is 29.5 Å². The van der Waals surface area contributed by atoms with Gasteiger partial charge in [0.1, 0.15) is 5.82 Å². The average Bonchev–Trinajstić information content (AvgIpc) is 2.41. The average molecular weight is 289 g/mol. The van der Waals surface area contributed by atoms with E-state index in [0.717, 1.165) is 5.56 Å². The summed E-state index contributed by atoms with van der Waals surface area (Å²) in [7, 11) is 0. The highest BCUT2D eigenvalue weighted by Crippen LogP contribution is 2.26. The van der Waals surface area contributed by atoms with Crippen molar-refractivity contribution in [3.05, 3.63) is 63.5 Å². The molecule has 0 bridgehead atoms. The van der Waals surface area contributed by atoms with Crippen molar-refractivity contribution in [3.8, 4) is 0 Å². The van der Waals surface area contributed by atoms with Gasteiger partial charge in [0.15, 0.2) is 0 Å². The summed E-state index contributed by atoms with van der Waals surface area (Å²) in [5, 5.41) is 13.9. The van der Waals surface area contributed by atoms with Crippen LogP contribution in [0.15, 0.2) is 36.4 Å². The summed E-state index contributed by atoms with van der Waals surface area (Å²) in [6, 6.07) is 9.06. The highest BCUT2D eigenvalue weighted by molar-refractivity contribution is 5.62. The van der Waals surface area contributed by atoms with Crippen LogP contribution < -0.4 is 11.1 Å². The second-order valence-electron chi connectivity index (χ2n) is 4.94. The highest BCUT2D eigenvalue weighted by Gasteiger charge is 2.12. The van der Waals surface area contributed by atoms with Crippen molar-refractivity contribution in [2.24, 2.45) is 0 Å². The second kappa shape index (κ2) is 5.78. The molecule has 2 rings (SSSR count). The van der Waals surface area contributed by atoms with Gasteiger partial charge in [0.2, 0.25) is 0 Å². The quantitative estimate of drug-likeness (QED) is 0.509. The zero-order valence-electron chi connectivity index (χ0n) is 11.8. The minimum absolute atomic E-state index is 0.0835. The number of hydrogen-bond donors (Lipinski definition) is 2. The molecule has 0 aliphatic heterocycles. The van der Waals surface area contributed by atoms with E-state index < -0.39 is 4.92 Å². The van der Waals surface area contributed by atoms with Crippen LogP contribution in [0.4, 0.5) is 21.5 Å². The first kappa shape index (κ1) is 14.8. The smallest absolute Gasteiger partial charge is 0.273 e. The number of halogens is 1. The van der Waals surface area contributed by atoms with Crippen molar-refractivity contribution in [2.75, 3.05) is 11.1 Å². The molecular weight excluding hydrogens is 273 g/mol. The molecule has 0 aromatic heterocycles. The molecule has 0 aliphatic rings. The zero-order chi connectivity index (χ0) is 15.6. The molecule has 21 heavy (non-hydrogen) atoms. The minimum atomic E-state index is -0.502. The van der Waals surface area contributed by atoms with E-state index in [-0.39, 0.29) is 17.5 Å². The molecule has 6 heteroatoms. The predicted molar refractivity (Wildman–Crippen MR) is 80.7 cm³/mol. The Labute approximate surface area is 121 Å². The molecule has 1 unspecified atom stereocenters. The Hall–Kier alpha value is -2.63. The Morgan fingerprint density at radius 2 is 2.00 bits per heavy atom. The van der Waals surface area contributed by atoms with Crippen LogP contribution in [0.3, 0.4) is 0 Å². The lowest BCUT2D eigenvalue weighted by Gasteiger charge is -2.16. The van der Waals surface area contributed by atoms with E-state index in [4.69, 9.17) is 5.73 Å². The Morgan fingerprint density at radius 3 is 2.62 bits per heavy atom. The summed E-state index contributed by atoms with van der Waals surface area (Å²) in [4.78, 5) is 10.3. The first-order chi connectivity index (χ1) is 9.86. The monoisotopic (exact) mass is 289 g/mol. The molecule has 0 amide bonds. The fourth-order valence-electron chi connectivity index (χ4n) is 2.04. The number of benzene rings is 2. The fraction of sp³-hybridized carbons (Fsp3) is 0.200. The Kier molecular flexibility index (Phi) is 4.07. The van der Waals surface area contributed by atoms with Gasteiger partial charge in [-0.3, -0.25) is 10.1 Å². The number of nitrogens with two attached hydrogens (primary N) is 1. The van der Waals surface area contributed by atoms with Crippen LogP contribution in [0.1, 0.15) is 24.1 Å². The van der Waals surface area contributed by atoms with Gasteiger partial charge in [-0.15, -0.1) is 0 Å². The van der Waals surface area contributed by atoms with Crippen molar-refractivity contribution in [2.45, 2.75) is 19.9 Å². The van der Waals surface area contributed by atoms with E-state index >= 15 is 0 Å². The van der Waals surface area contributed by atoms with Crippen LogP contribution in [0.5, 0.6) is 0 Å². The van der Waals surface area contributed by atoms with Crippen LogP contribution in [0.2, 0.25) is 0 Å².